The first-order chi connectivity index (χ1) is 10.2. The topological polar surface area (TPSA) is 57.6 Å². The zero-order valence-corrected chi connectivity index (χ0v) is 12.4. The zero-order valence-electron chi connectivity index (χ0n) is 12.4. The number of aliphatic hydroxyl groups is 1. The number of β-amino-alcohol motifs (C(OH)–C–C–N with tert-alkyl or cyclic N) is 1. The summed E-state index contributed by atoms with van der Waals surface area (Å²) in [6, 6.07) is 8.21. The zero-order chi connectivity index (χ0) is 14.8. The minimum atomic E-state index is -0.212. The number of benzene rings is 1. The van der Waals surface area contributed by atoms with Gasteiger partial charge in [0.1, 0.15) is 5.75 Å². The lowest BCUT2D eigenvalue weighted by atomic mass is 10.1. The summed E-state index contributed by atoms with van der Waals surface area (Å²) in [5.41, 5.74) is 1.99. The third-order valence-electron chi connectivity index (χ3n) is 4.14. The van der Waals surface area contributed by atoms with Crippen LogP contribution in [0.1, 0.15) is 6.42 Å². The molecule has 5 nitrogen and oxygen atoms in total. The van der Waals surface area contributed by atoms with E-state index in [1.54, 1.807) is 7.11 Å². The number of pyridine rings is 1. The van der Waals surface area contributed by atoms with Gasteiger partial charge in [-0.1, -0.05) is 0 Å². The number of nitrogens with one attached hydrogen (secondary N) is 1. The van der Waals surface area contributed by atoms with Crippen LogP contribution in [0.25, 0.3) is 10.9 Å². The molecular weight excluding hydrogens is 266 g/mol. The first-order valence-corrected chi connectivity index (χ1v) is 7.22. The molecule has 2 heterocycles. The Balaban J connectivity index is 1.80. The molecule has 21 heavy (non-hydrogen) atoms. The monoisotopic (exact) mass is 287 g/mol. The van der Waals surface area contributed by atoms with Crippen LogP contribution in [-0.4, -0.2) is 54.4 Å². The third-order valence-corrected chi connectivity index (χ3v) is 4.14. The van der Waals surface area contributed by atoms with Crippen molar-refractivity contribution in [3.05, 3.63) is 30.5 Å². The highest BCUT2D eigenvalue weighted by atomic mass is 16.5. The van der Waals surface area contributed by atoms with Crippen molar-refractivity contribution in [3.8, 4) is 5.75 Å². The number of likely N-dealkylation sites (tertiary alicyclic amines) is 1. The van der Waals surface area contributed by atoms with Gasteiger partial charge in [0.2, 0.25) is 0 Å². The Bertz CT molecular complexity index is 632. The van der Waals surface area contributed by atoms with E-state index >= 15 is 0 Å². The molecule has 2 unspecified atom stereocenters. The lowest BCUT2D eigenvalue weighted by molar-refractivity contribution is 0.182. The highest BCUT2D eigenvalue weighted by molar-refractivity contribution is 5.92. The van der Waals surface area contributed by atoms with Crippen molar-refractivity contribution >= 4 is 16.6 Å². The molecule has 1 aliphatic heterocycles. The summed E-state index contributed by atoms with van der Waals surface area (Å²) in [5, 5.41) is 14.2. The van der Waals surface area contributed by atoms with E-state index in [1.807, 2.05) is 30.5 Å². The molecule has 5 heteroatoms. The fourth-order valence-corrected chi connectivity index (χ4v) is 2.92. The van der Waals surface area contributed by atoms with Crippen LogP contribution in [0.3, 0.4) is 0 Å². The van der Waals surface area contributed by atoms with E-state index in [9.17, 15) is 5.11 Å². The third kappa shape index (κ3) is 2.94. The predicted octanol–water partition coefficient (Wildman–Crippen LogP) is 1.72. The Morgan fingerprint density at radius 2 is 2.29 bits per heavy atom. The van der Waals surface area contributed by atoms with Gasteiger partial charge in [0.25, 0.3) is 0 Å². The molecule has 0 bridgehead atoms. The average Bonchev–Trinajstić information content (AvgIpc) is 2.82. The highest BCUT2D eigenvalue weighted by Gasteiger charge is 2.27. The van der Waals surface area contributed by atoms with Crippen molar-refractivity contribution in [3.63, 3.8) is 0 Å². The molecule has 0 aliphatic carbocycles. The highest BCUT2D eigenvalue weighted by Crippen LogP contribution is 2.26. The standard InChI is InChI=1S/C16H21N3O2/c1-19-10-12(20)7-11(19)9-18-16-5-6-17-15-4-3-13(21-2)8-14(15)16/h3-6,8,11-12,20H,7,9-10H2,1-2H3,(H,17,18). The molecule has 0 saturated carbocycles. The molecule has 1 aliphatic rings. The van der Waals surface area contributed by atoms with Gasteiger partial charge >= 0.3 is 0 Å². The Morgan fingerprint density at radius 1 is 1.43 bits per heavy atom. The van der Waals surface area contributed by atoms with Crippen molar-refractivity contribution in [2.75, 3.05) is 32.6 Å². The Morgan fingerprint density at radius 3 is 3.00 bits per heavy atom. The summed E-state index contributed by atoms with van der Waals surface area (Å²) < 4.78 is 5.29. The average molecular weight is 287 g/mol. The number of hydrogen-bond acceptors (Lipinski definition) is 5. The normalized spacial score (nSPS) is 22.6. The second-order valence-corrected chi connectivity index (χ2v) is 5.61. The minimum absolute atomic E-state index is 0.212. The number of hydrogen-bond donors (Lipinski definition) is 2. The fourth-order valence-electron chi connectivity index (χ4n) is 2.92. The molecule has 1 fully saturated rings. The van der Waals surface area contributed by atoms with E-state index in [0.29, 0.717) is 6.04 Å². The number of aliphatic hydroxyl groups excluding tert-OH is 1. The van der Waals surface area contributed by atoms with Gasteiger partial charge in [-0.25, -0.2) is 0 Å². The van der Waals surface area contributed by atoms with Crippen molar-refractivity contribution < 1.29 is 9.84 Å². The van der Waals surface area contributed by atoms with Gasteiger partial charge in [-0.05, 0) is 37.7 Å². The largest absolute Gasteiger partial charge is 0.497 e. The van der Waals surface area contributed by atoms with Crippen molar-refractivity contribution in [1.82, 2.24) is 9.88 Å². The van der Waals surface area contributed by atoms with Crippen LogP contribution in [0.2, 0.25) is 0 Å². The van der Waals surface area contributed by atoms with E-state index in [1.165, 1.54) is 0 Å². The van der Waals surface area contributed by atoms with E-state index in [0.717, 1.165) is 41.9 Å². The summed E-state index contributed by atoms with van der Waals surface area (Å²) in [4.78, 5) is 6.57. The fraction of sp³-hybridized carbons (Fsp3) is 0.438. The quantitative estimate of drug-likeness (QED) is 0.897. The molecule has 112 valence electrons. The first-order valence-electron chi connectivity index (χ1n) is 7.22. The van der Waals surface area contributed by atoms with Gasteiger partial charge in [-0.3, -0.25) is 9.88 Å². The molecule has 1 saturated heterocycles. The van der Waals surface area contributed by atoms with Gasteiger partial charge in [-0.2, -0.15) is 0 Å². The van der Waals surface area contributed by atoms with Crippen molar-refractivity contribution in [1.29, 1.82) is 0 Å². The number of nitrogens with zero attached hydrogens (tertiary/aromatic N) is 2. The number of ether oxygens (including phenoxy) is 1. The smallest absolute Gasteiger partial charge is 0.119 e. The number of anilines is 1. The Hall–Kier alpha value is -1.85. The molecule has 0 amide bonds. The summed E-state index contributed by atoms with van der Waals surface area (Å²) >= 11 is 0. The van der Waals surface area contributed by atoms with E-state index in [2.05, 4.69) is 22.2 Å². The predicted molar refractivity (Wildman–Crippen MR) is 83.8 cm³/mol. The summed E-state index contributed by atoms with van der Waals surface area (Å²) in [5.74, 6) is 0.826. The van der Waals surface area contributed by atoms with Gasteiger partial charge in [0.15, 0.2) is 0 Å². The van der Waals surface area contributed by atoms with Crippen LogP contribution in [0, 0.1) is 0 Å². The van der Waals surface area contributed by atoms with Crippen LogP contribution >= 0.6 is 0 Å². The van der Waals surface area contributed by atoms with E-state index in [4.69, 9.17) is 4.74 Å². The van der Waals surface area contributed by atoms with Gasteiger partial charge in [0.05, 0.1) is 18.7 Å². The SMILES string of the molecule is COc1ccc2nccc(NCC3CC(O)CN3C)c2c1. The molecule has 3 rings (SSSR count). The van der Waals surface area contributed by atoms with E-state index < -0.39 is 0 Å². The molecule has 1 aromatic carbocycles. The lowest BCUT2D eigenvalue weighted by Gasteiger charge is -2.20. The van der Waals surface area contributed by atoms with Gasteiger partial charge in [-0.15, -0.1) is 0 Å². The molecule has 0 spiro atoms. The van der Waals surface area contributed by atoms with Crippen molar-refractivity contribution in [2.24, 2.45) is 0 Å². The first kappa shape index (κ1) is 14.1. The molecule has 2 atom stereocenters. The number of fused-ring (bicyclic) bond motifs is 1. The van der Waals surface area contributed by atoms with Gasteiger partial charge < -0.3 is 15.2 Å². The lowest BCUT2D eigenvalue weighted by Crippen LogP contribution is -2.31. The maximum atomic E-state index is 9.71. The van der Waals surface area contributed by atoms with Crippen LogP contribution in [0.4, 0.5) is 5.69 Å². The number of likely N-dealkylation sites (N-methyl/N-ethyl adjacent to an activating group) is 1. The summed E-state index contributed by atoms with van der Waals surface area (Å²) in [6.45, 7) is 1.56. The number of methoxy groups -OCH3 is 1. The maximum absolute atomic E-state index is 9.71. The van der Waals surface area contributed by atoms with Crippen LogP contribution in [-0.2, 0) is 0 Å². The number of rotatable bonds is 4. The number of aromatic nitrogens is 1. The minimum Gasteiger partial charge on any atom is -0.497 e. The Kier molecular flexibility index (Phi) is 3.94. The van der Waals surface area contributed by atoms with Crippen LogP contribution in [0.5, 0.6) is 5.75 Å². The maximum Gasteiger partial charge on any atom is 0.119 e. The van der Waals surface area contributed by atoms with E-state index in [-0.39, 0.29) is 6.10 Å². The summed E-state index contributed by atoms with van der Waals surface area (Å²) in [7, 11) is 3.72. The second kappa shape index (κ2) is 5.87. The molecule has 2 aromatic rings. The molecule has 0 radical (unpaired) electrons. The van der Waals surface area contributed by atoms with Crippen LogP contribution in [0.15, 0.2) is 30.5 Å². The van der Waals surface area contributed by atoms with Gasteiger partial charge in [0, 0.05) is 36.4 Å². The van der Waals surface area contributed by atoms with Crippen molar-refractivity contribution in [2.45, 2.75) is 18.6 Å². The molecular formula is C16H21N3O2. The molecule has 2 N–H and O–H groups in total. The van der Waals surface area contributed by atoms with Crippen LogP contribution < -0.4 is 10.1 Å². The molecule has 1 aromatic heterocycles. The second-order valence-electron chi connectivity index (χ2n) is 5.61. The Labute approximate surface area is 124 Å². The summed E-state index contributed by atoms with van der Waals surface area (Å²) in [6.07, 6.45) is 2.41.